The largest absolute Gasteiger partial charge is 0.379 e. The topological polar surface area (TPSA) is 82.7 Å². The standard InChI is InChI=1S/C24H31FN4O3/c1-17(2)22(28-24(31)27-20-6-4-3-5-7-20)23(30)26-16-21(29-12-14-32-15-13-29)18-8-10-19(25)11-9-18/h3-11,17,21-22H,12-16H2,1-2H3,(H,26,30)(H2,27,28,31). The number of hydrogen-bond donors (Lipinski definition) is 3. The van der Waals surface area contributed by atoms with Gasteiger partial charge < -0.3 is 20.7 Å². The van der Waals surface area contributed by atoms with E-state index in [0.29, 0.717) is 25.4 Å². The van der Waals surface area contributed by atoms with Crippen molar-refractivity contribution < 1.29 is 18.7 Å². The first kappa shape index (κ1) is 23.7. The molecule has 0 bridgehead atoms. The lowest BCUT2D eigenvalue weighted by Crippen LogP contribution is -2.52. The number of anilines is 1. The van der Waals surface area contributed by atoms with Crippen molar-refractivity contribution in [2.75, 3.05) is 38.2 Å². The average molecular weight is 443 g/mol. The minimum Gasteiger partial charge on any atom is -0.379 e. The van der Waals surface area contributed by atoms with E-state index in [1.807, 2.05) is 32.0 Å². The van der Waals surface area contributed by atoms with Crippen LogP contribution in [0.15, 0.2) is 54.6 Å². The van der Waals surface area contributed by atoms with Gasteiger partial charge in [0, 0.05) is 25.3 Å². The second kappa shape index (κ2) is 11.6. The first-order valence-corrected chi connectivity index (χ1v) is 10.9. The van der Waals surface area contributed by atoms with Gasteiger partial charge in [-0.15, -0.1) is 0 Å². The number of urea groups is 1. The Morgan fingerprint density at radius 2 is 1.69 bits per heavy atom. The van der Waals surface area contributed by atoms with E-state index in [4.69, 9.17) is 4.74 Å². The SMILES string of the molecule is CC(C)C(NC(=O)Nc1ccccc1)C(=O)NCC(c1ccc(F)cc1)N1CCOCC1. The van der Waals surface area contributed by atoms with Gasteiger partial charge in [-0.3, -0.25) is 9.69 Å². The lowest BCUT2D eigenvalue weighted by molar-refractivity contribution is -0.124. The molecule has 0 aliphatic carbocycles. The fourth-order valence-electron chi connectivity index (χ4n) is 3.70. The summed E-state index contributed by atoms with van der Waals surface area (Å²) in [6.07, 6.45) is 0. The molecule has 1 saturated heterocycles. The van der Waals surface area contributed by atoms with Gasteiger partial charge >= 0.3 is 6.03 Å². The second-order valence-electron chi connectivity index (χ2n) is 8.15. The third kappa shape index (κ3) is 6.77. The Kier molecular flexibility index (Phi) is 8.58. The molecule has 2 atom stereocenters. The van der Waals surface area contributed by atoms with Crippen LogP contribution >= 0.6 is 0 Å². The number of nitrogens with zero attached hydrogens (tertiary/aromatic N) is 1. The Labute approximate surface area is 188 Å². The zero-order chi connectivity index (χ0) is 22.9. The summed E-state index contributed by atoms with van der Waals surface area (Å²) in [5.41, 5.74) is 1.57. The van der Waals surface area contributed by atoms with Gasteiger partial charge in [0.1, 0.15) is 11.9 Å². The molecule has 3 amide bonds. The summed E-state index contributed by atoms with van der Waals surface area (Å²) in [4.78, 5) is 27.6. The van der Waals surface area contributed by atoms with E-state index in [1.165, 1.54) is 12.1 Å². The summed E-state index contributed by atoms with van der Waals surface area (Å²) in [5, 5.41) is 8.50. The highest BCUT2D eigenvalue weighted by Gasteiger charge is 2.27. The van der Waals surface area contributed by atoms with Crippen molar-refractivity contribution in [3.05, 3.63) is 66.0 Å². The molecule has 1 aliphatic heterocycles. The summed E-state index contributed by atoms with van der Waals surface area (Å²) in [7, 11) is 0. The molecular weight excluding hydrogens is 411 g/mol. The molecule has 1 fully saturated rings. The summed E-state index contributed by atoms with van der Waals surface area (Å²) in [6.45, 7) is 6.78. The number of carbonyl (C=O) groups is 2. The molecule has 2 unspecified atom stereocenters. The number of hydrogen-bond acceptors (Lipinski definition) is 4. The van der Waals surface area contributed by atoms with Crippen molar-refractivity contribution in [2.45, 2.75) is 25.9 Å². The quantitative estimate of drug-likeness (QED) is 0.587. The molecule has 3 rings (SSSR count). The molecule has 0 saturated carbocycles. The Balaban J connectivity index is 1.64. The van der Waals surface area contributed by atoms with Crippen LogP contribution in [0.3, 0.4) is 0 Å². The molecule has 32 heavy (non-hydrogen) atoms. The van der Waals surface area contributed by atoms with Gasteiger partial charge in [-0.1, -0.05) is 44.2 Å². The number of amides is 3. The summed E-state index contributed by atoms with van der Waals surface area (Å²) >= 11 is 0. The smallest absolute Gasteiger partial charge is 0.319 e. The molecule has 0 spiro atoms. The van der Waals surface area contributed by atoms with E-state index in [9.17, 15) is 14.0 Å². The highest BCUT2D eigenvalue weighted by Crippen LogP contribution is 2.22. The van der Waals surface area contributed by atoms with Gasteiger partial charge in [-0.2, -0.15) is 0 Å². The van der Waals surface area contributed by atoms with Crippen molar-refractivity contribution in [3.63, 3.8) is 0 Å². The van der Waals surface area contributed by atoms with E-state index in [2.05, 4.69) is 20.9 Å². The first-order valence-electron chi connectivity index (χ1n) is 10.9. The molecule has 172 valence electrons. The van der Waals surface area contributed by atoms with Crippen molar-refractivity contribution >= 4 is 17.6 Å². The van der Waals surface area contributed by atoms with Gasteiger partial charge in [0.15, 0.2) is 0 Å². The summed E-state index contributed by atoms with van der Waals surface area (Å²) in [5.74, 6) is -0.667. The van der Waals surface area contributed by atoms with Gasteiger partial charge in [-0.05, 0) is 35.7 Å². The van der Waals surface area contributed by atoms with E-state index < -0.39 is 12.1 Å². The highest BCUT2D eigenvalue weighted by atomic mass is 19.1. The van der Waals surface area contributed by atoms with Crippen LogP contribution in [0.4, 0.5) is 14.9 Å². The fraction of sp³-hybridized carbons (Fsp3) is 0.417. The number of para-hydroxylation sites is 1. The monoisotopic (exact) mass is 442 g/mol. The fourth-order valence-corrected chi connectivity index (χ4v) is 3.70. The molecule has 2 aromatic rings. The Bertz CT molecular complexity index is 871. The minimum absolute atomic E-state index is 0.107. The predicted octanol–water partition coefficient (Wildman–Crippen LogP) is 3.16. The number of morpholine rings is 1. The molecular formula is C24H31FN4O3. The van der Waals surface area contributed by atoms with Crippen molar-refractivity contribution in [2.24, 2.45) is 5.92 Å². The van der Waals surface area contributed by atoms with Gasteiger partial charge in [0.05, 0.1) is 19.3 Å². The maximum Gasteiger partial charge on any atom is 0.319 e. The highest BCUT2D eigenvalue weighted by molar-refractivity contribution is 5.93. The van der Waals surface area contributed by atoms with Crippen LogP contribution in [0.1, 0.15) is 25.5 Å². The summed E-state index contributed by atoms with van der Waals surface area (Å²) in [6, 6.07) is 14.2. The number of rotatable bonds is 8. The lowest BCUT2D eigenvalue weighted by Gasteiger charge is -2.35. The van der Waals surface area contributed by atoms with Crippen LogP contribution < -0.4 is 16.0 Å². The van der Waals surface area contributed by atoms with Gasteiger partial charge in [0.25, 0.3) is 0 Å². The molecule has 7 nitrogen and oxygen atoms in total. The Morgan fingerprint density at radius 3 is 2.31 bits per heavy atom. The van der Waals surface area contributed by atoms with Crippen LogP contribution in [0, 0.1) is 11.7 Å². The van der Waals surface area contributed by atoms with E-state index in [0.717, 1.165) is 18.7 Å². The molecule has 0 radical (unpaired) electrons. The molecule has 2 aromatic carbocycles. The van der Waals surface area contributed by atoms with Crippen molar-refractivity contribution in [1.82, 2.24) is 15.5 Å². The molecule has 3 N–H and O–H groups in total. The zero-order valence-corrected chi connectivity index (χ0v) is 18.5. The third-order valence-electron chi connectivity index (χ3n) is 5.48. The zero-order valence-electron chi connectivity index (χ0n) is 18.5. The molecule has 1 heterocycles. The van der Waals surface area contributed by atoms with Crippen LogP contribution in [-0.2, 0) is 9.53 Å². The van der Waals surface area contributed by atoms with E-state index >= 15 is 0 Å². The van der Waals surface area contributed by atoms with E-state index in [-0.39, 0.29) is 23.7 Å². The lowest BCUT2D eigenvalue weighted by atomic mass is 10.0. The number of ether oxygens (including phenoxy) is 1. The number of carbonyl (C=O) groups excluding carboxylic acids is 2. The van der Waals surface area contributed by atoms with Crippen LogP contribution in [-0.4, -0.2) is 55.7 Å². The summed E-state index contributed by atoms with van der Waals surface area (Å²) < 4.78 is 18.9. The maximum atomic E-state index is 13.4. The molecule has 0 aromatic heterocycles. The number of halogens is 1. The Morgan fingerprint density at radius 1 is 1.03 bits per heavy atom. The first-order chi connectivity index (χ1) is 15.4. The average Bonchev–Trinajstić information content (AvgIpc) is 2.80. The van der Waals surface area contributed by atoms with Crippen LogP contribution in [0.25, 0.3) is 0 Å². The van der Waals surface area contributed by atoms with Crippen molar-refractivity contribution in [3.8, 4) is 0 Å². The van der Waals surface area contributed by atoms with Crippen LogP contribution in [0.5, 0.6) is 0 Å². The minimum atomic E-state index is -0.697. The Hall–Kier alpha value is -2.97. The number of nitrogens with one attached hydrogen (secondary N) is 3. The normalized spacial score (nSPS) is 16.2. The molecule has 1 aliphatic rings. The number of benzene rings is 2. The van der Waals surface area contributed by atoms with Crippen LogP contribution in [0.2, 0.25) is 0 Å². The molecule has 8 heteroatoms. The van der Waals surface area contributed by atoms with E-state index in [1.54, 1.807) is 24.3 Å². The third-order valence-corrected chi connectivity index (χ3v) is 5.48. The predicted molar refractivity (Wildman–Crippen MR) is 122 cm³/mol. The van der Waals surface area contributed by atoms with Gasteiger partial charge in [0.2, 0.25) is 5.91 Å². The maximum absolute atomic E-state index is 13.4. The van der Waals surface area contributed by atoms with Gasteiger partial charge in [-0.25, -0.2) is 9.18 Å². The van der Waals surface area contributed by atoms with Crippen molar-refractivity contribution in [1.29, 1.82) is 0 Å². The second-order valence-corrected chi connectivity index (χ2v) is 8.15.